The van der Waals surface area contributed by atoms with Gasteiger partial charge in [-0.2, -0.15) is 0 Å². The summed E-state index contributed by atoms with van der Waals surface area (Å²) in [4.78, 5) is 31.1. The van der Waals surface area contributed by atoms with Crippen molar-refractivity contribution in [1.29, 1.82) is 0 Å². The van der Waals surface area contributed by atoms with Gasteiger partial charge in [-0.25, -0.2) is 0 Å². The first-order valence-corrected chi connectivity index (χ1v) is 10.9. The Morgan fingerprint density at radius 3 is 2.71 bits per heavy atom. The summed E-state index contributed by atoms with van der Waals surface area (Å²) in [6.07, 6.45) is 6.29. The molecule has 0 aromatic heterocycles. The molecule has 5 nitrogen and oxygen atoms in total. The van der Waals surface area contributed by atoms with Crippen LogP contribution in [-0.2, 0) is 16.0 Å². The van der Waals surface area contributed by atoms with Gasteiger partial charge in [0, 0.05) is 45.6 Å². The van der Waals surface area contributed by atoms with Gasteiger partial charge in [-0.1, -0.05) is 30.3 Å². The van der Waals surface area contributed by atoms with Gasteiger partial charge in [0.15, 0.2) is 0 Å². The summed E-state index contributed by atoms with van der Waals surface area (Å²) in [6.45, 7) is 5.47. The Balaban J connectivity index is 1.52. The van der Waals surface area contributed by atoms with Crippen molar-refractivity contribution < 1.29 is 9.59 Å². The van der Waals surface area contributed by atoms with Gasteiger partial charge in [0.05, 0.1) is 0 Å². The van der Waals surface area contributed by atoms with Crippen LogP contribution in [0.4, 0.5) is 0 Å². The highest BCUT2D eigenvalue weighted by Crippen LogP contribution is 2.18. The first-order valence-electron chi connectivity index (χ1n) is 10.9. The molecule has 2 heterocycles. The maximum Gasteiger partial charge on any atom is 0.222 e. The van der Waals surface area contributed by atoms with Gasteiger partial charge in [0.25, 0.3) is 0 Å². The molecule has 0 unspecified atom stereocenters. The van der Waals surface area contributed by atoms with Gasteiger partial charge in [0.2, 0.25) is 11.8 Å². The maximum atomic E-state index is 13.0. The van der Waals surface area contributed by atoms with Crippen molar-refractivity contribution in [3.05, 3.63) is 35.9 Å². The van der Waals surface area contributed by atoms with Crippen LogP contribution >= 0.6 is 0 Å². The molecule has 0 bridgehead atoms. The largest absolute Gasteiger partial charge is 0.343 e. The molecule has 0 radical (unpaired) electrons. The molecule has 1 atom stereocenters. The van der Waals surface area contributed by atoms with E-state index in [-0.39, 0.29) is 11.8 Å². The Bertz CT molecular complexity index is 634. The lowest BCUT2D eigenvalue weighted by molar-refractivity contribution is -0.133. The van der Waals surface area contributed by atoms with Crippen LogP contribution in [0.25, 0.3) is 0 Å². The molecule has 3 rings (SSSR count). The van der Waals surface area contributed by atoms with E-state index in [9.17, 15) is 9.59 Å². The SMILES string of the molecule is CN1CCC[C@H](CN(CCc2ccccc2)C(=O)CCCN2CCCC2=O)C1. The molecule has 0 saturated carbocycles. The van der Waals surface area contributed by atoms with Gasteiger partial charge in [-0.05, 0) is 57.2 Å². The third-order valence-electron chi connectivity index (χ3n) is 6.06. The molecule has 5 heteroatoms. The van der Waals surface area contributed by atoms with E-state index in [1.165, 1.54) is 24.9 Å². The third-order valence-corrected chi connectivity index (χ3v) is 6.06. The lowest BCUT2D eigenvalue weighted by Gasteiger charge is -2.34. The van der Waals surface area contributed by atoms with Crippen molar-refractivity contribution in [1.82, 2.24) is 14.7 Å². The zero-order chi connectivity index (χ0) is 19.8. The first-order chi connectivity index (χ1) is 13.6. The van der Waals surface area contributed by atoms with Gasteiger partial charge in [-0.15, -0.1) is 0 Å². The molecule has 2 aliphatic heterocycles. The minimum absolute atomic E-state index is 0.246. The molecule has 2 fully saturated rings. The molecule has 0 spiro atoms. The van der Waals surface area contributed by atoms with Crippen molar-refractivity contribution in [2.75, 3.05) is 46.3 Å². The van der Waals surface area contributed by atoms with Crippen molar-refractivity contribution >= 4 is 11.8 Å². The van der Waals surface area contributed by atoms with Crippen LogP contribution in [0.2, 0.25) is 0 Å². The summed E-state index contributed by atoms with van der Waals surface area (Å²) < 4.78 is 0. The van der Waals surface area contributed by atoms with E-state index in [4.69, 9.17) is 0 Å². The van der Waals surface area contributed by atoms with E-state index in [0.717, 1.165) is 52.0 Å². The van der Waals surface area contributed by atoms with Gasteiger partial charge < -0.3 is 14.7 Å². The Labute approximate surface area is 169 Å². The molecule has 1 aromatic rings. The number of carbonyl (C=O) groups excluding carboxylic acids is 2. The van der Waals surface area contributed by atoms with E-state index >= 15 is 0 Å². The van der Waals surface area contributed by atoms with Gasteiger partial charge in [0.1, 0.15) is 0 Å². The molecule has 2 saturated heterocycles. The quantitative estimate of drug-likeness (QED) is 0.657. The van der Waals surface area contributed by atoms with Crippen molar-refractivity contribution in [3.63, 3.8) is 0 Å². The second kappa shape index (κ2) is 10.6. The summed E-state index contributed by atoms with van der Waals surface area (Å²) in [6, 6.07) is 10.4. The van der Waals surface area contributed by atoms with Crippen LogP contribution in [0.1, 0.15) is 44.1 Å². The number of likely N-dealkylation sites (tertiary alicyclic amines) is 2. The van der Waals surface area contributed by atoms with Gasteiger partial charge >= 0.3 is 0 Å². The van der Waals surface area contributed by atoms with Crippen molar-refractivity contribution in [3.8, 4) is 0 Å². The lowest BCUT2D eigenvalue weighted by atomic mass is 9.97. The fourth-order valence-corrected chi connectivity index (χ4v) is 4.48. The summed E-state index contributed by atoms with van der Waals surface area (Å²) in [7, 11) is 2.18. The number of hydrogen-bond donors (Lipinski definition) is 0. The van der Waals surface area contributed by atoms with Crippen LogP contribution in [0.5, 0.6) is 0 Å². The fraction of sp³-hybridized carbons (Fsp3) is 0.652. The molecule has 1 aromatic carbocycles. The average molecular weight is 386 g/mol. The topological polar surface area (TPSA) is 43.9 Å². The lowest BCUT2D eigenvalue weighted by Crippen LogP contribution is -2.42. The molecular formula is C23H35N3O2. The summed E-state index contributed by atoms with van der Waals surface area (Å²) in [5.74, 6) is 1.06. The predicted octanol–water partition coefficient (Wildman–Crippen LogP) is 2.80. The molecule has 0 aliphatic carbocycles. The van der Waals surface area contributed by atoms with Crippen LogP contribution in [-0.4, -0.2) is 72.8 Å². The Morgan fingerprint density at radius 2 is 2.00 bits per heavy atom. The van der Waals surface area contributed by atoms with E-state index in [0.29, 0.717) is 18.8 Å². The highest BCUT2D eigenvalue weighted by atomic mass is 16.2. The summed E-state index contributed by atoms with van der Waals surface area (Å²) in [5.41, 5.74) is 1.28. The monoisotopic (exact) mass is 385 g/mol. The number of amides is 2. The van der Waals surface area contributed by atoms with E-state index in [2.05, 4.69) is 41.1 Å². The first kappa shape index (κ1) is 20.8. The molecule has 154 valence electrons. The number of rotatable bonds is 9. The van der Waals surface area contributed by atoms with Crippen molar-refractivity contribution in [2.45, 2.75) is 44.9 Å². The molecule has 2 aliphatic rings. The number of carbonyl (C=O) groups is 2. The molecule has 0 N–H and O–H groups in total. The number of hydrogen-bond acceptors (Lipinski definition) is 3. The highest BCUT2D eigenvalue weighted by molar-refractivity contribution is 5.78. The maximum absolute atomic E-state index is 13.0. The zero-order valence-electron chi connectivity index (χ0n) is 17.3. The van der Waals surface area contributed by atoms with Crippen LogP contribution in [0, 0.1) is 5.92 Å². The summed E-state index contributed by atoms with van der Waals surface area (Å²) in [5, 5.41) is 0. The van der Waals surface area contributed by atoms with E-state index in [1.54, 1.807) is 0 Å². The average Bonchev–Trinajstić information content (AvgIpc) is 3.10. The van der Waals surface area contributed by atoms with Crippen molar-refractivity contribution in [2.24, 2.45) is 5.92 Å². The van der Waals surface area contributed by atoms with Crippen LogP contribution < -0.4 is 0 Å². The predicted molar refractivity (Wildman–Crippen MR) is 112 cm³/mol. The number of piperidine rings is 1. The zero-order valence-corrected chi connectivity index (χ0v) is 17.3. The Morgan fingerprint density at radius 1 is 1.18 bits per heavy atom. The third kappa shape index (κ3) is 6.33. The smallest absolute Gasteiger partial charge is 0.222 e. The second-order valence-corrected chi connectivity index (χ2v) is 8.43. The summed E-state index contributed by atoms with van der Waals surface area (Å²) >= 11 is 0. The highest BCUT2D eigenvalue weighted by Gasteiger charge is 2.24. The number of nitrogens with zero attached hydrogens (tertiary/aromatic N) is 3. The van der Waals surface area contributed by atoms with E-state index in [1.807, 2.05) is 11.0 Å². The second-order valence-electron chi connectivity index (χ2n) is 8.43. The fourth-order valence-electron chi connectivity index (χ4n) is 4.48. The molecular weight excluding hydrogens is 350 g/mol. The minimum Gasteiger partial charge on any atom is -0.343 e. The number of benzene rings is 1. The Kier molecular flexibility index (Phi) is 7.90. The van der Waals surface area contributed by atoms with E-state index < -0.39 is 0 Å². The minimum atomic E-state index is 0.246. The van der Waals surface area contributed by atoms with Gasteiger partial charge in [-0.3, -0.25) is 9.59 Å². The van der Waals surface area contributed by atoms with Crippen LogP contribution in [0.15, 0.2) is 30.3 Å². The molecule has 2 amide bonds. The normalized spacial score (nSPS) is 20.5. The Hall–Kier alpha value is -1.88. The van der Waals surface area contributed by atoms with Crippen LogP contribution in [0.3, 0.4) is 0 Å². The standard InChI is InChI=1S/C23H35N3O2/c1-24-14-5-10-21(18-24)19-26(17-13-20-8-3-2-4-9-20)23(28)12-7-16-25-15-6-11-22(25)27/h2-4,8-9,21H,5-7,10-19H2,1H3/t21-/m0/s1. The molecule has 28 heavy (non-hydrogen) atoms.